The van der Waals surface area contributed by atoms with E-state index in [1.54, 1.807) is 34.6 Å². The fourth-order valence-corrected chi connectivity index (χ4v) is 3.25. The lowest BCUT2D eigenvalue weighted by molar-refractivity contribution is -0.00000674. The van der Waals surface area contributed by atoms with E-state index in [0.29, 0.717) is 5.56 Å². The number of aromatic nitrogens is 4. The third kappa shape index (κ3) is 6.78. The van der Waals surface area contributed by atoms with Crippen LogP contribution >= 0.6 is 11.8 Å². The molecule has 0 unspecified atom stereocenters. The van der Waals surface area contributed by atoms with E-state index in [1.807, 2.05) is 31.3 Å². The van der Waals surface area contributed by atoms with Crippen molar-refractivity contribution in [1.82, 2.24) is 25.5 Å². The van der Waals surface area contributed by atoms with Gasteiger partial charge in [-0.15, -0.1) is 5.10 Å². The van der Waals surface area contributed by atoms with Gasteiger partial charge in [0.1, 0.15) is 18.2 Å². The Morgan fingerprint density at radius 2 is 2.04 bits per heavy atom. The van der Waals surface area contributed by atoms with Gasteiger partial charge in [-0.1, -0.05) is 42.1 Å². The van der Waals surface area contributed by atoms with Crippen LogP contribution in [0.2, 0.25) is 0 Å². The van der Waals surface area contributed by atoms with Gasteiger partial charge in [-0.25, -0.2) is 9.07 Å². The van der Waals surface area contributed by atoms with Crippen LogP contribution in [0.1, 0.15) is 17.5 Å². The van der Waals surface area contributed by atoms with Crippen LogP contribution in [0.15, 0.2) is 53.7 Å². The number of halogens is 2. The van der Waals surface area contributed by atoms with Crippen molar-refractivity contribution in [2.45, 2.75) is 24.7 Å². The van der Waals surface area contributed by atoms with Crippen molar-refractivity contribution in [3.63, 3.8) is 0 Å². The molecule has 28 heavy (non-hydrogen) atoms. The van der Waals surface area contributed by atoms with Crippen LogP contribution in [0, 0.1) is 5.82 Å². The van der Waals surface area contributed by atoms with Gasteiger partial charge in [-0.05, 0) is 47.2 Å². The number of benzene rings is 2. The first kappa shape index (κ1) is 22.1. The fourth-order valence-electron chi connectivity index (χ4n) is 2.46. The highest BCUT2D eigenvalue weighted by Gasteiger charge is 2.04. The fraction of sp³-hybridized carbons (Fsp3) is 0.316. The summed E-state index contributed by atoms with van der Waals surface area (Å²) in [6, 6.07) is 14.5. The Balaban J connectivity index is 0.00000280. The molecule has 0 radical (unpaired) electrons. The van der Waals surface area contributed by atoms with Crippen molar-refractivity contribution in [1.29, 1.82) is 0 Å². The zero-order valence-electron chi connectivity index (χ0n) is 15.5. The van der Waals surface area contributed by atoms with Crippen LogP contribution in [0.25, 0.3) is 0 Å². The first-order valence-electron chi connectivity index (χ1n) is 8.73. The molecule has 3 aromatic rings. The minimum atomic E-state index is -0.245. The number of thioether (sulfide) groups is 1. The Morgan fingerprint density at radius 3 is 2.82 bits per heavy atom. The van der Waals surface area contributed by atoms with Crippen molar-refractivity contribution in [3.05, 3.63) is 65.5 Å². The standard InChI is InChI=1S/C19H22FN5OS.ClH/c1-25-19(22-23-24-25)27-11-5-10-21-13-15-6-4-8-17(12-15)26-14-16-7-2-3-9-18(16)20;/h2-4,6-9,12,21H,5,10-11,13-14H2,1H3;1H/p-1. The average molecular weight is 423 g/mol. The van der Waals surface area contributed by atoms with Gasteiger partial charge in [-0.2, -0.15) is 0 Å². The summed E-state index contributed by atoms with van der Waals surface area (Å²) >= 11 is 1.64. The second-order valence-electron chi connectivity index (χ2n) is 5.99. The van der Waals surface area contributed by atoms with Crippen LogP contribution in [0.4, 0.5) is 4.39 Å². The summed E-state index contributed by atoms with van der Waals surface area (Å²) < 4.78 is 21.0. The number of nitrogens with one attached hydrogen (secondary N) is 1. The highest BCUT2D eigenvalue weighted by molar-refractivity contribution is 7.99. The zero-order chi connectivity index (χ0) is 18.9. The molecule has 0 aliphatic carbocycles. The minimum Gasteiger partial charge on any atom is -1.00 e. The highest BCUT2D eigenvalue weighted by atomic mass is 35.5. The van der Waals surface area contributed by atoms with E-state index in [9.17, 15) is 4.39 Å². The number of rotatable bonds is 10. The molecule has 0 spiro atoms. The van der Waals surface area contributed by atoms with E-state index in [2.05, 4.69) is 20.8 Å². The number of tetrazole rings is 1. The van der Waals surface area contributed by atoms with Gasteiger partial charge in [0, 0.05) is 24.9 Å². The molecule has 3 rings (SSSR count). The van der Waals surface area contributed by atoms with Gasteiger partial charge >= 0.3 is 0 Å². The summed E-state index contributed by atoms with van der Waals surface area (Å²) in [4.78, 5) is 0. The molecular formula is C19H22ClFN5OS-. The Hall–Kier alpha value is -2.16. The number of nitrogens with zero attached hydrogens (tertiary/aromatic N) is 4. The molecule has 0 aliphatic rings. The van der Waals surface area contributed by atoms with E-state index in [4.69, 9.17) is 4.74 Å². The molecule has 0 atom stereocenters. The summed E-state index contributed by atoms with van der Waals surface area (Å²) in [5, 5.41) is 15.6. The number of hydrogen-bond donors (Lipinski definition) is 1. The van der Waals surface area contributed by atoms with Crippen molar-refractivity contribution in [2.24, 2.45) is 7.05 Å². The second-order valence-corrected chi connectivity index (χ2v) is 7.05. The van der Waals surface area contributed by atoms with Crippen LogP contribution < -0.4 is 22.5 Å². The lowest BCUT2D eigenvalue weighted by Gasteiger charge is -2.09. The zero-order valence-corrected chi connectivity index (χ0v) is 17.1. The third-order valence-electron chi connectivity index (χ3n) is 3.89. The first-order chi connectivity index (χ1) is 13.2. The molecule has 9 heteroatoms. The van der Waals surface area contributed by atoms with E-state index < -0.39 is 0 Å². The van der Waals surface area contributed by atoms with E-state index >= 15 is 0 Å². The molecule has 2 aromatic carbocycles. The molecule has 0 aliphatic heterocycles. The normalized spacial score (nSPS) is 10.5. The molecule has 0 bridgehead atoms. The number of aryl methyl sites for hydroxylation is 1. The summed E-state index contributed by atoms with van der Waals surface area (Å²) in [6.07, 6.45) is 1.01. The Kier molecular flexibility index (Phi) is 9.19. The van der Waals surface area contributed by atoms with Crippen LogP contribution in [0.5, 0.6) is 5.75 Å². The predicted octanol–water partition coefficient (Wildman–Crippen LogP) is 0.204. The number of ether oxygens (including phenoxy) is 1. The molecule has 1 heterocycles. The maximum atomic E-state index is 13.6. The second kappa shape index (κ2) is 11.6. The van der Waals surface area contributed by atoms with Crippen molar-refractivity contribution in [3.8, 4) is 5.75 Å². The van der Waals surface area contributed by atoms with Gasteiger partial charge in [0.2, 0.25) is 5.16 Å². The quantitative estimate of drug-likeness (QED) is 0.372. The molecule has 0 saturated carbocycles. The molecule has 1 aromatic heterocycles. The molecule has 0 amide bonds. The lowest BCUT2D eigenvalue weighted by Crippen LogP contribution is -3.00. The van der Waals surface area contributed by atoms with Gasteiger partial charge in [0.05, 0.1) is 0 Å². The van der Waals surface area contributed by atoms with Gasteiger partial charge in [0.15, 0.2) is 0 Å². The maximum Gasteiger partial charge on any atom is 0.209 e. The third-order valence-corrected chi connectivity index (χ3v) is 4.99. The van der Waals surface area contributed by atoms with Crippen molar-refractivity contribution in [2.75, 3.05) is 12.3 Å². The first-order valence-corrected chi connectivity index (χ1v) is 9.72. The maximum absolute atomic E-state index is 13.6. The van der Waals surface area contributed by atoms with Crippen LogP contribution in [-0.4, -0.2) is 32.5 Å². The topological polar surface area (TPSA) is 64.9 Å². The van der Waals surface area contributed by atoms with Gasteiger partial charge in [0.25, 0.3) is 0 Å². The Labute approximate surface area is 174 Å². The Morgan fingerprint density at radius 1 is 1.18 bits per heavy atom. The summed E-state index contributed by atoms with van der Waals surface area (Å²) in [5.41, 5.74) is 1.68. The van der Waals surface area contributed by atoms with Gasteiger partial charge in [-0.3, -0.25) is 0 Å². The van der Waals surface area contributed by atoms with Crippen LogP contribution in [0.3, 0.4) is 0 Å². The Bertz CT molecular complexity index is 864. The molecule has 0 fully saturated rings. The average Bonchev–Trinajstić information content (AvgIpc) is 3.09. The highest BCUT2D eigenvalue weighted by Crippen LogP contribution is 2.17. The van der Waals surface area contributed by atoms with Gasteiger partial charge < -0.3 is 22.5 Å². The minimum absolute atomic E-state index is 0. The smallest absolute Gasteiger partial charge is 0.209 e. The largest absolute Gasteiger partial charge is 1.00 e. The summed E-state index contributed by atoms with van der Waals surface area (Å²) in [6.45, 7) is 1.88. The monoisotopic (exact) mass is 422 g/mol. The predicted molar refractivity (Wildman–Crippen MR) is 103 cm³/mol. The van der Waals surface area contributed by atoms with Crippen molar-refractivity contribution < 1.29 is 21.5 Å². The molecule has 150 valence electrons. The van der Waals surface area contributed by atoms with E-state index in [0.717, 1.165) is 41.7 Å². The van der Waals surface area contributed by atoms with Crippen molar-refractivity contribution >= 4 is 11.8 Å². The van der Waals surface area contributed by atoms with E-state index in [1.165, 1.54) is 6.07 Å². The summed E-state index contributed by atoms with van der Waals surface area (Å²) in [7, 11) is 1.84. The SMILES string of the molecule is Cn1nnnc1SCCCNCc1cccc(OCc2ccccc2F)c1.[Cl-]. The molecule has 1 N–H and O–H groups in total. The molecular weight excluding hydrogens is 401 g/mol. The number of hydrogen-bond acceptors (Lipinski definition) is 6. The van der Waals surface area contributed by atoms with E-state index in [-0.39, 0.29) is 24.8 Å². The molecule has 0 saturated heterocycles. The molecule has 6 nitrogen and oxygen atoms in total. The lowest BCUT2D eigenvalue weighted by atomic mass is 10.2. The summed E-state index contributed by atoms with van der Waals surface area (Å²) in [5.74, 6) is 1.45. The van der Waals surface area contributed by atoms with Crippen LogP contribution in [-0.2, 0) is 20.2 Å².